The number of nitrogens with zero attached hydrogens (tertiary/aromatic N) is 5. The van der Waals surface area contributed by atoms with Gasteiger partial charge in [0.05, 0.1) is 22.4 Å². The molecule has 4 aromatic rings. The normalized spacial score (nSPS) is 17.0. The molecule has 226 valence electrons. The third kappa shape index (κ3) is 5.61. The number of aromatic nitrogens is 2. The zero-order valence-electron chi connectivity index (χ0n) is 25.0. The van der Waals surface area contributed by atoms with Crippen molar-refractivity contribution in [1.29, 1.82) is 0 Å². The number of benzene rings is 3. The summed E-state index contributed by atoms with van der Waals surface area (Å²) in [5.74, 6) is -0.330. The highest BCUT2D eigenvalue weighted by atomic mass is 32.2. The number of carbonyl (C=O) groups is 3. The lowest BCUT2D eigenvalue weighted by molar-refractivity contribution is -0.137. The first-order chi connectivity index (χ1) is 21.2. The molecule has 44 heavy (non-hydrogen) atoms. The molecule has 2 aliphatic heterocycles. The molecule has 2 aliphatic rings. The van der Waals surface area contributed by atoms with E-state index >= 15 is 4.39 Å². The van der Waals surface area contributed by atoms with E-state index in [0.717, 1.165) is 22.4 Å². The molecule has 0 radical (unpaired) electrons. The van der Waals surface area contributed by atoms with Gasteiger partial charge in [-0.25, -0.2) is 9.07 Å². The van der Waals surface area contributed by atoms with Crippen LogP contribution in [0.15, 0.2) is 72.8 Å². The average Bonchev–Trinajstić information content (AvgIpc) is 3.34. The molecule has 0 saturated carbocycles. The van der Waals surface area contributed by atoms with Crippen LogP contribution in [0.3, 0.4) is 0 Å². The second-order valence-corrected chi connectivity index (χ2v) is 12.3. The minimum Gasteiger partial charge on any atom is -0.339 e. The number of hydrogen-bond donors (Lipinski definition) is 0. The van der Waals surface area contributed by atoms with Gasteiger partial charge in [-0.15, -0.1) is 11.8 Å². The Balaban J connectivity index is 1.54. The summed E-state index contributed by atoms with van der Waals surface area (Å²) in [5, 5.41) is 4.57. The van der Waals surface area contributed by atoms with Crippen LogP contribution in [0.2, 0.25) is 0 Å². The van der Waals surface area contributed by atoms with E-state index in [1.807, 2.05) is 56.3 Å². The predicted octanol–water partition coefficient (Wildman–Crippen LogP) is 5.16. The number of fused-ring (bicyclic) bond motifs is 1. The van der Waals surface area contributed by atoms with Gasteiger partial charge in [0.1, 0.15) is 18.2 Å². The molecule has 1 atom stereocenters. The molecular formula is C34H34FN5O3S. The Hall–Kier alpha value is -4.44. The number of carbonyl (C=O) groups excluding carboxylic acids is 3. The highest BCUT2D eigenvalue weighted by Crippen LogP contribution is 2.49. The molecule has 0 aliphatic carbocycles. The number of thioether (sulfide) groups is 1. The van der Waals surface area contributed by atoms with Gasteiger partial charge in [0, 0.05) is 49.8 Å². The van der Waals surface area contributed by atoms with Gasteiger partial charge in [0.2, 0.25) is 17.7 Å². The topological polar surface area (TPSA) is 78.8 Å². The van der Waals surface area contributed by atoms with Gasteiger partial charge < -0.3 is 9.80 Å². The first kappa shape index (κ1) is 29.6. The standard InChI is InChI=1S/C34H34FN5O3S/c1-22-13-14-28(23(2)19-22)40-34-31(32(36-40)25-9-5-4-6-10-25)33(26-11-7-8-12-27(26)35)44-21-30(43)39(34)20-29(42)38-17-15-37(16-18-38)24(3)41/h4-14,19,33H,15-18,20-21H2,1-3H3/t33-/m1/s1. The van der Waals surface area contributed by atoms with Crippen LogP contribution in [0.4, 0.5) is 10.2 Å². The molecular weight excluding hydrogens is 577 g/mol. The van der Waals surface area contributed by atoms with Crippen LogP contribution in [0.25, 0.3) is 16.9 Å². The Bertz CT molecular complexity index is 1730. The van der Waals surface area contributed by atoms with E-state index < -0.39 is 5.25 Å². The Morgan fingerprint density at radius 3 is 2.30 bits per heavy atom. The van der Waals surface area contributed by atoms with E-state index in [4.69, 9.17) is 5.10 Å². The van der Waals surface area contributed by atoms with E-state index in [1.54, 1.807) is 32.7 Å². The first-order valence-electron chi connectivity index (χ1n) is 14.7. The zero-order chi connectivity index (χ0) is 31.0. The van der Waals surface area contributed by atoms with Crippen molar-refractivity contribution in [3.05, 3.63) is 101 Å². The summed E-state index contributed by atoms with van der Waals surface area (Å²) in [7, 11) is 0. The summed E-state index contributed by atoms with van der Waals surface area (Å²) in [4.78, 5) is 44.6. The average molecular weight is 612 g/mol. The molecule has 6 rings (SSSR count). The minimum atomic E-state index is -0.552. The third-order valence-corrected chi connectivity index (χ3v) is 9.51. The maximum Gasteiger partial charge on any atom is 0.242 e. The molecule has 1 saturated heterocycles. The van der Waals surface area contributed by atoms with Gasteiger partial charge >= 0.3 is 0 Å². The van der Waals surface area contributed by atoms with Gasteiger partial charge in [-0.3, -0.25) is 19.3 Å². The number of rotatable bonds is 5. The van der Waals surface area contributed by atoms with Crippen LogP contribution >= 0.6 is 11.8 Å². The maximum absolute atomic E-state index is 15.5. The molecule has 0 unspecified atom stereocenters. The first-order valence-corrected chi connectivity index (χ1v) is 15.7. The van der Waals surface area contributed by atoms with Crippen LogP contribution in [0.1, 0.15) is 34.4 Å². The molecule has 0 N–H and O–H groups in total. The molecule has 1 aromatic heterocycles. The number of halogens is 1. The van der Waals surface area contributed by atoms with Gasteiger partial charge in [0.15, 0.2) is 0 Å². The van der Waals surface area contributed by atoms with Crippen LogP contribution < -0.4 is 4.90 Å². The fraction of sp³-hybridized carbons (Fsp3) is 0.294. The highest BCUT2D eigenvalue weighted by Gasteiger charge is 2.39. The number of amides is 3. The lowest BCUT2D eigenvalue weighted by atomic mass is 9.99. The number of hydrogen-bond acceptors (Lipinski definition) is 5. The SMILES string of the molecule is CC(=O)N1CCN(C(=O)CN2C(=O)CS[C@H](c3ccccc3F)c3c(-c4ccccc4)nn(-c4ccc(C)cc4C)c32)CC1. The van der Waals surface area contributed by atoms with Gasteiger partial charge in [0.25, 0.3) is 0 Å². The fourth-order valence-electron chi connectivity index (χ4n) is 5.98. The van der Waals surface area contributed by atoms with E-state index in [9.17, 15) is 14.4 Å². The van der Waals surface area contributed by atoms with Crippen molar-refractivity contribution in [2.45, 2.75) is 26.0 Å². The molecule has 10 heteroatoms. The lowest BCUT2D eigenvalue weighted by Crippen LogP contribution is -2.53. The third-order valence-electron chi connectivity index (χ3n) is 8.28. The van der Waals surface area contributed by atoms with E-state index in [1.165, 1.54) is 29.7 Å². The summed E-state index contributed by atoms with van der Waals surface area (Å²) in [5.41, 5.74) is 5.41. The monoisotopic (exact) mass is 611 g/mol. The van der Waals surface area contributed by atoms with Crippen molar-refractivity contribution in [1.82, 2.24) is 19.6 Å². The second kappa shape index (κ2) is 12.3. The highest BCUT2D eigenvalue weighted by molar-refractivity contribution is 8.00. The summed E-state index contributed by atoms with van der Waals surface area (Å²) in [6.45, 7) is 7.02. The van der Waals surface area contributed by atoms with Crippen LogP contribution in [0, 0.1) is 19.7 Å². The number of aryl methyl sites for hydroxylation is 2. The van der Waals surface area contributed by atoms with Crippen molar-refractivity contribution in [3.8, 4) is 16.9 Å². The minimum absolute atomic E-state index is 0.0218. The Morgan fingerprint density at radius 2 is 1.61 bits per heavy atom. The summed E-state index contributed by atoms with van der Waals surface area (Å²) in [6.07, 6.45) is 0. The van der Waals surface area contributed by atoms with Gasteiger partial charge in [-0.1, -0.05) is 66.2 Å². The molecule has 3 aromatic carbocycles. The van der Waals surface area contributed by atoms with Crippen molar-refractivity contribution in [2.24, 2.45) is 0 Å². The zero-order valence-corrected chi connectivity index (χ0v) is 25.8. The summed E-state index contributed by atoms with van der Waals surface area (Å²) in [6, 6.07) is 22.3. The smallest absolute Gasteiger partial charge is 0.242 e. The van der Waals surface area contributed by atoms with Crippen molar-refractivity contribution < 1.29 is 18.8 Å². The van der Waals surface area contributed by atoms with Crippen LogP contribution in [-0.4, -0.2) is 75.8 Å². The molecule has 0 bridgehead atoms. The van der Waals surface area contributed by atoms with Crippen LogP contribution in [-0.2, 0) is 14.4 Å². The largest absolute Gasteiger partial charge is 0.339 e. The number of piperazine rings is 1. The molecule has 8 nitrogen and oxygen atoms in total. The van der Waals surface area contributed by atoms with E-state index in [0.29, 0.717) is 48.8 Å². The molecule has 3 amide bonds. The van der Waals surface area contributed by atoms with Gasteiger partial charge in [-0.05, 0) is 31.5 Å². The van der Waals surface area contributed by atoms with Crippen molar-refractivity contribution in [3.63, 3.8) is 0 Å². The maximum atomic E-state index is 15.5. The van der Waals surface area contributed by atoms with E-state index in [-0.39, 0.29) is 35.8 Å². The van der Waals surface area contributed by atoms with Crippen molar-refractivity contribution >= 4 is 35.3 Å². The van der Waals surface area contributed by atoms with Gasteiger partial charge in [-0.2, -0.15) is 5.10 Å². The Kier molecular flexibility index (Phi) is 8.27. The summed E-state index contributed by atoms with van der Waals surface area (Å²) >= 11 is 1.34. The fourth-order valence-corrected chi connectivity index (χ4v) is 7.20. The molecule has 0 spiro atoms. The quantitative estimate of drug-likeness (QED) is 0.312. The summed E-state index contributed by atoms with van der Waals surface area (Å²) < 4.78 is 17.2. The van der Waals surface area contributed by atoms with E-state index in [2.05, 4.69) is 6.07 Å². The lowest BCUT2D eigenvalue weighted by Gasteiger charge is -2.35. The van der Waals surface area contributed by atoms with Crippen LogP contribution in [0.5, 0.6) is 0 Å². The predicted molar refractivity (Wildman–Crippen MR) is 170 cm³/mol. The Morgan fingerprint density at radius 1 is 0.932 bits per heavy atom. The molecule has 1 fully saturated rings. The Labute approximate surface area is 260 Å². The second-order valence-electron chi connectivity index (χ2n) is 11.2. The number of anilines is 1. The molecule has 3 heterocycles. The van der Waals surface area contributed by atoms with Crippen molar-refractivity contribution in [2.75, 3.05) is 43.4 Å².